The van der Waals surface area contributed by atoms with E-state index in [1.165, 1.54) is 12.1 Å². The molecular weight excluding hydrogens is 395 g/mol. The Kier molecular flexibility index (Phi) is 4.61. The monoisotopic (exact) mass is 402 g/mol. The average Bonchev–Trinajstić information content (AvgIpc) is 2.43. The zero-order chi connectivity index (χ0) is 14.7. The highest BCUT2D eigenvalue weighted by Gasteiger charge is 2.12. The van der Waals surface area contributed by atoms with Gasteiger partial charge in [0.1, 0.15) is 5.75 Å². The van der Waals surface area contributed by atoms with Crippen LogP contribution in [0.4, 0.5) is 4.39 Å². The summed E-state index contributed by atoms with van der Waals surface area (Å²) in [6, 6.07) is 9.25. The van der Waals surface area contributed by atoms with Crippen LogP contribution < -0.4 is 10.5 Å². The van der Waals surface area contributed by atoms with Gasteiger partial charge in [0.25, 0.3) is 0 Å². The summed E-state index contributed by atoms with van der Waals surface area (Å²) in [5, 5.41) is 11.7. The number of halogens is 3. The van der Waals surface area contributed by atoms with Crippen LogP contribution in [0.1, 0.15) is 5.56 Å². The van der Waals surface area contributed by atoms with Crippen molar-refractivity contribution in [2.24, 2.45) is 10.9 Å². The second-order valence-electron chi connectivity index (χ2n) is 3.80. The van der Waals surface area contributed by atoms with Gasteiger partial charge in [0.2, 0.25) is 0 Å². The van der Waals surface area contributed by atoms with Gasteiger partial charge < -0.3 is 15.7 Å². The molecule has 3 N–H and O–H groups in total. The van der Waals surface area contributed by atoms with Crippen LogP contribution in [0, 0.1) is 5.82 Å². The van der Waals surface area contributed by atoms with E-state index in [0.717, 1.165) is 4.47 Å². The molecule has 0 bridgehead atoms. The van der Waals surface area contributed by atoms with E-state index in [1.807, 2.05) is 0 Å². The number of oxime groups is 1. The van der Waals surface area contributed by atoms with Gasteiger partial charge in [-0.05, 0) is 36.4 Å². The maximum absolute atomic E-state index is 13.7. The smallest absolute Gasteiger partial charge is 0.173 e. The zero-order valence-electron chi connectivity index (χ0n) is 9.98. The lowest BCUT2D eigenvalue weighted by atomic mass is 10.2. The van der Waals surface area contributed by atoms with Crippen LogP contribution in [-0.4, -0.2) is 11.0 Å². The number of nitrogens with zero attached hydrogens (tertiary/aromatic N) is 1. The summed E-state index contributed by atoms with van der Waals surface area (Å²) < 4.78 is 20.6. The maximum Gasteiger partial charge on any atom is 0.173 e. The quantitative estimate of drug-likeness (QED) is 0.348. The van der Waals surface area contributed by atoms with Crippen LogP contribution in [0.5, 0.6) is 11.5 Å². The van der Waals surface area contributed by atoms with Gasteiger partial charge in [-0.15, -0.1) is 0 Å². The van der Waals surface area contributed by atoms with Crippen LogP contribution in [0.2, 0.25) is 0 Å². The number of hydrogen-bond donors (Lipinski definition) is 2. The minimum atomic E-state index is -0.512. The average molecular weight is 404 g/mol. The lowest BCUT2D eigenvalue weighted by Gasteiger charge is -2.11. The van der Waals surface area contributed by atoms with Gasteiger partial charge in [0.15, 0.2) is 17.4 Å². The fourth-order valence-corrected chi connectivity index (χ4v) is 2.22. The molecule has 20 heavy (non-hydrogen) atoms. The summed E-state index contributed by atoms with van der Waals surface area (Å²) in [7, 11) is 0. The molecule has 0 unspecified atom stereocenters. The summed E-state index contributed by atoms with van der Waals surface area (Å²) in [6.07, 6.45) is 0. The van der Waals surface area contributed by atoms with E-state index in [0.29, 0.717) is 10.0 Å². The molecule has 0 saturated carbocycles. The Bertz CT molecular complexity index is 677. The number of nitrogens with two attached hydrogens (primary N) is 1. The van der Waals surface area contributed by atoms with Gasteiger partial charge >= 0.3 is 0 Å². The molecule has 0 aliphatic carbocycles. The predicted octanol–water partition coefficient (Wildman–Crippen LogP) is 4.24. The van der Waals surface area contributed by atoms with Crippen molar-refractivity contribution < 1.29 is 14.3 Å². The SMILES string of the molecule is N/C(=N/O)c1cc(Br)ccc1Oc1cc(Br)ccc1F. The molecule has 2 rings (SSSR count). The first kappa shape index (κ1) is 14.8. The Morgan fingerprint density at radius 2 is 1.75 bits per heavy atom. The van der Waals surface area contributed by atoms with Crippen molar-refractivity contribution in [2.45, 2.75) is 0 Å². The third-order valence-corrected chi connectivity index (χ3v) is 3.42. The molecule has 0 fully saturated rings. The van der Waals surface area contributed by atoms with Gasteiger partial charge in [-0.2, -0.15) is 0 Å². The molecular formula is C13H9Br2FN2O2. The molecule has 0 heterocycles. The van der Waals surface area contributed by atoms with Gasteiger partial charge in [0, 0.05) is 8.95 Å². The lowest BCUT2D eigenvalue weighted by molar-refractivity contribution is 0.318. The Labute approximate surface area is 131 Å². The normalized spacial score (nSPS) is 11.4. The fourth-order valence-electron chi connectivity index (χ4n) is 1.52. The van der Waals surface area contributed by atoms with E-state index in [9.17, 15) is 4.39 Å². The second-order valence-corrected chi connectivity index (χ2v) is 5.63. The number of hydrogen-bond acceptors (Lipinski definition) is 3. The third kappa shape index (κ3) is 3.29. The number of rotatable bonds is 3. The van der Waals surface area contributed by atoms with E-state index in [-0.39, 0.29) is 17.3 Å². The topological polar surface area (TPSA) is 67.8 Å². The molecule has 0 radical (unpaired) electrons. The number of benzene rings is 2. The number of ether oxygens (including phenoxy) is 1. The van der Waals surface area contributed by atoms with Crippen molar-refractivity contribution in [1.29, 1.82) is 0 Å². The molecule has 0 atom stereocenters. The van der Waals surface area contributed by atoms with Crippen molar-refractivity contribution in [3.05, 3.63) is 56.7 Å². The molecule has 0 saturated heterocycles. The predicted molar refractivity (Wildman–Crippen MR) is 80.8 cm³/mol. The summed E-state index contributed by atoms with van der Waals surface area (Å²) in [4.78, 5) is 0. The molecule has 2 aromatic carbocycles. The van der Waals surface area contributed by atoms with Gasteiger partial charge in [-0.25, -0.2) is 4.39 Å². The van der Waals surface area contributed by atoms with E-state index >= 15 is 0 Å². The highest BCUT2D eigenvalue weighted by Crippen LogP contribution is 2.31. The second kappa shape index (κ2) is 6.23. The molecule has 0 aliphatic heterocycles. The summed E-state index contributed by atoms with van der Waals surface area (Å²) >= 11 is 6.52. The zero-order valence-corrected chi connectivity index (χ0v) is 13.2. The minimum absolute atomic E-state index is 0.0358. The first-order valence-electron chi connectivity index (χ1n) is 5.41. The molecule has 7 heteroatoms. The Morgan fingerprint density at radius 1 is 1.10 bits per heavy atom. The fraction of sp³-hybridized carbons (Fsp3) is 0. The van der Waals surface area contributed by atoms with E-state index in [2.05, 4.69) is 37.0 Å². The number of amidine groups is 1. The maximum atomic E-state index is 13.7. The Hall–Kier alpha value is -1.60. The lowest BCUT2D eigenvalue weighted by Crippen LogP contribution is -2.14. The van der Waals surface area contributed by atoms with Crippen molar-refractivity contribution >= 4 is 37.7 Å². The van der Waals surface area contributed by atoms with Gasteiger partial charge in [-0.3, -0.25) is 0 Å². The van der Waals surface area contributed by atoms with Crippen LogP contribution in [0.3, 0.4) is 0 Å². The van der Waals surface area contributed by atoms with E-state index in [1.54, 1.807) is 24.3 Å². The minimum Gasteiger partial charge on any atom is -0.453 e. The highest BCUT2D eigenvalue weighted by molar-refractivity contribution is 9.10. The molecule has 0 aliphatic rings. The molecule has 104 valence electrons. The van der Waals surface area contributed by atoms with Crippen molar-refractivity contribution in [1.82, 2.24) is 0 Å². The van der Waals surface area contributed by atoms with Crippen molar-refractivity contribution in [3.8, 4) is 11.5 Å². The third-order valence-electron chi connectivity index (χ3n) is 2.44. The summed E-state index contributed by atoms with van der Waals surface area (Å²) in [5.41, 5.74) is 5.93. The molecule has 2 aromatic rings. The standard InChI is InChI=1S/C13H9Br2FN2O2/c14-7-2-4-11(9(5-7)13(17)18-19)20-12-6-8(15)1-3-10(12)16/h1-6,19H,(H2,17,18). The molecule has 0 amide bonds. The summed E-state index contributed by atoms with van der Waals surface area (Å²) in [5.74, 6) is -0.326. The summed E-state index contributed by atoms with van der Waals surface area (Å²) in [6.45, 7) is 0. The van der Waals surface area contributed by atoms with Crippen LogP contribution in [0.15, 0.2) is 50.5 Å². The Morgan fingerprint density at radius 3 is 2.45 bits per heavy atom. The van der Waals surface area contributed by atoms with Crippen molar-refractivity contribution in [2.75, 3.05) is 0 Å². The molecule has 0 aromatic heterocycles. The largest absolute Gasteiger partial charge is 0.453 e. The van der Waals surface area contributed by atoms with E-state index in [4.69, 9.17) is 15.7 Å². The molecule has 0 spiro atoms. The van der Waals surface area contributed by atoms with E-state index < -0.39 is 5.82 Å². The van der Waals surface area contributed by atoms with Crippen LogP contribution in [-0.2, 0) is 0 Å². The Balaban J connectivity index is 2.46. The van der Waals surface area contributed by atoms with Gasteiger partial charge in [-0.1, -0.05) is 37.0 Å². The first-order chi connectivity index (χ1) is 9.51. The van der Waals surface area contributed by atoms with Crippen molar-refractivity contribution in [3.63, 3.8) is 0 Å². The van der Waals surface area contributed by atoms with Crippen LogP contribution in [0.25, 0.3) is 0 Å². The highest BCUT2D eigenvalue weighted by atomic mass is 79.9. The first-order valence-corrected chi connectivity index (χ1v) is 7.00. The van der Waals surface area contributed by atoms with Crippen LogP contribution >= 0.6 is 31.9 Å². The van der Waals surface area contributed by atoms with Gasteiger partial charge in [0.05, 0.1) is 5.56 Å². The molecule has 4 nitrogen and oxygen atoms in total.